The van der Waals surface area contributed by atoms with Crippen LogP contribution in [0.25, 0.3) is 0 Å². The molecule has 2 atom stereocenters. The second-order valence-electron chi connectivity index (χ2n) is 8.23. The van der Waals surface area contributed by atoms with Crippen molar-refractivity contribution in [3.63, 3.8) is 0 Å². The molecule has 0 saturated heterocycles. The van der Waals surface area contributed by atoms with Crippen molar-refractivity contribution in [1.29, 1.82) is 0 Å². The number of hydrogen-bond donors (Lipinski definition) is 2. The molecule has 0 aromatic carbocycles. The third kappa shape index (κ3) is 11.7. The molecule has 6 nitrogen and oxygen atoms in total. The van der Waals surface area contributed by atoms with Gasteiger partial charge in [-0.25, -0.2) is 0 Å². The normalized spacial score (nSPS) is 14.3. The molecule has 26 heavy (non-hydrogen) atoms. The van der Waals surface area contributed by atoms with E-state index in [1.807, 2.05) is 26.0 Å². The number of esters is 1. The number of rotatable bonds is 11. The molecule has 0 bridgehead atoms. The van der Waals surface area contributed by atoms with Gasteiger partial charge in [0.05, 0.1) is 0 Å². The molecule has 0 heterocycles. The average Bonchev–Trinajstić information content (AvgIpc) is 2.49. The Bertz CT molecular complexity index is 491. The van der Waals surface area contributed by atoms with Gasteiger partial charge in [0.1, 0.15) is 12.6 Å². The van der Waals surface area contributed by atoms with Crippen LogP contribution in [-0.4, -0.2) is 35.6 Å². The number of carboxylic acids is 1. The van der Waals surface area contributed by atoms with Crippen molar-refractivity contribution in [2.75, 3.05) is 6.61 Å². The van der Waals surface area contributed by atoms with Crippen molar-refractivity contribution in [3.05, 3.63) is 12.2 Å². The smallest absolute Gasteiger partial charge is 0.325 e. The topological polar surface area (TPSA) is 92.7 Å². The zero-order chi connectivity index (χ0) is 20.3. The summed E-state index contributed by atoms with van der Waals surface area (Å²) < 4.78 is 5.15. The van der Waals surface area contributed by atoms with Crippen LogP contribution >= 0.6 is 0 Å². The summed E-state index contributed by atoms with van der Waals surface area (Å²) in [5.41, 5.74) is 0.213. The molecule has 0 aliphatic carbocycles. The first-order chi connectivity index (χ1) is 11.9. The van der Waals surface area contributed by atoms with Crippen LogP contribution in [0.5, 0.6) is 0 Å². The van der Waals surface area contributed by atoms with E-state index >= 15 is 0 Å². The molecule has 0 aromatic heterocycles. The van der Waals surface area contributed by atoms with Crippen LogP contribution in [0.2, 0.25) is 0 Å². The summed E-state index contributed by atoms with van der Waals surface area (Å²) in [6.07, 6.45) is 6.08. The summed E-state index contributed by atoms with van der Waals surface area (Å²) in [6.45, 7) is 11.9. The van der Waals surface area contributed by atoms with Crippen molar-refractivity contribution < 1.29 is 24.2 Å². The van der Waals surface area contributed by atoms with Crippen LogP contribution in [0.1, 0.15) is 67.2 Å². The molecule has 1 amide bonds. The highest BCUT2D eigenvalue weighted by molar-refractivity contribution is 5.84. The van der Waals surface area contributed by atoms with Gasteiger partial charge in [0, 0.05) is 12.3 Å². The van der Waals surface area contributed by atoms with Gasteiger partial charge < -0.3 is 15.2 Å². The third-order valence-electron chi connectivity index (χ3n) is 4.00. The fourth-order valence-corrected chi connectivity index (χ4v) is 2.33. The van der Waals surface area contributed by atoms with Crippen LogP contribution in [0, 0.1) is 17.3 Å². The van der Waals surface area contributed by atoms with Gasteiger partial charge >= 0.3 is 11.9 Å². The maximum atomic E-state index is 12.2. The first-order valence-corrected chi connectivity index (χ1v) is 9.28. The van der Waals surface area contributed by atoms with Gasteiger partial charge in [-0.15, -0.1) is 0 Å². The summed E-state index contributed by atoms with van der Waals surface area (Å²) in [7, 11) is 0. The lowest BCUT2D eigenvalue weighted by molar-refractivity contribution is -0.143. The fraction of sp³-hybridized carbons (Fsp3) is 0.750. The summed E-state index contributed by atoms with van der Waals surface area (Å²) in [5, 5.41) is 11.4. The Morgan fingerprint density at radius 2 is 1.73 bits per heavy atom. The average molecular weight is 370 g/mol. The van der Waals surface area contributed by atoms with Gasteiger partial charge in [-0.1, -0.05) is 46.8 Å². The molecule has 0 fully saturated rings. The zero-order valence-corrected chi connectivity index (χ0v) is 17.0. The standard InChI is InChI=1S/C20H35NO5/c1-14(2)16(18(23)21-15(3)19(24)25)10-9-11-17(22)26-13-8-7-12-20(4,5)6/h7-8,14-16H,9-13H2,1-6H3,(H,21,23)(H,24,25). The lowest BCUT2D eigenvalue weighted by Gasteiger charge is -2.21. The molecule has 0 radical (unpaired) electrons. The maximum absolute atomic E-state index is 12.2. The molecule has 0 rings (SSSR count). The lowest BCUT2D eigenvalue weighted by Crippen LogP contribution is -2.43. The monoisotopic (exact) mass is 369 g/mol. The van der Waals surface area contributed by atoms with Crippen LogP contribution in [0.3, 0.4) is 0 Å². The molecule has 0 aromatic rings. The van der Waals surface area contributed by atoms with E-state index in [2.05, 4.69) is 26.1 Å². The zero-order valence-electron chi connectivity index (χ0n) is 17.0. The number of carbonyl (C=O) groups is 3. The Labute approximate surface area is 157 Å². The first-order valence-electron chi connectivity index (χ1n) is 9.28. The minimum atomic E-state index is -1.07. The predicted molar refractivity (Wildman–Crippen MR) is 102 cm³/mol. The molecule has 0 saturated carbocycles. The van der Waals surface area contributed by atoms with E-state index in [0.717, 1.165) is 6.42 Å². The summed E-state index contributed by atoms with van der Waals surface area (Å²) >= 11 is 0. The van der Waals surface area contributed by atoms with Crippen molar-refractivity contribution in [2.45, 2.75) is 73.3 Å². The number of carboxylic acid groups (broad SMARTS) is 1. The van der Waals surface area contributed by atoms with Crippen molar-refractivity contribution >= 4 is 17.8 Å². The lowest BCUT2D eigenvalue weighted by atomic mass is 9.89. The third-order valence-corrected chi connectivity index (χ3v) is 4.00. The Hall–Kier alpha value is -1.85. The number of aliphatic carboxylic acids is 1. The second kappa shape index (κ2) is 11.7. The Kier molecular flexibility index (Phi) is 10.9. The van der Waals surface area contributed by atoms with E-state index in [-0.39, 0.29) is 42.2 Å². The van der Waals surface area contributed by atoms with Crippen LogP contribution in [0.15, 0.2) is 12.2 Å². The number of nitrogens with one attached hydrogen (secondary N) is 1. The Morgan fingerprint density at radius 1 is 1.12 bits per heavy atom. The van der Waals surface area contributed by atoms with E-state index in [1.54, 1.807) is 0 Å². The largest absolute Gasteiger partial charge is 0.480 e. The fourth-order valence-electron chi connectivity index (χ4n) is 2.33. The van der Waals surface area contributed by atoms with Gasteiger partial charge in [-0.05, 0) is 37.5 Å². The molecule has 2 N–H and O–H groups in total. The number of hydrogen-bond acceptors (Lipinski definition) is 4. The number of amides is 1. The van der Waals surface area contributed by atoms with E-state index in [0.29, 0.717) is 12.8 Å². The van der Waals surface area contributed by atoms with Gasteiger partial charge in [0.25, 0.3) is 0 Å². The molecular weight excluding hydrogens is 334 g/mol. The first kappa shape index (κ1) is 24.1. The van der Waals surface area contributed by atoms with Gasteiger partial charge in [0.15, 0.2) is 0 Å². The Balaban J connectivity index is 4.21. The minimum Gasteiger partial charge on any atom is -0.480 e. The number of allylic oxidation sites excluding steroid dienone is 1. The van der Waals surface area contributed by atoms with Crippen LogP contribution < -0.4 is 5.32 Å². The molecule has 0 aliphatic heterocycles. The maximum Gasteiger partial charge on any atom is 0.325 e. The number of carbonyl (C=O) groups excluding carboxylic acids is 2. The molecule has 2 unspecified atom stereocenters. The van der Waals surface area contributed by atoms with E-state index in [4.69, 9.17) is 9.84 Å². The molecule has 6 heteroatoms. The predicted octanol–water partition coefficient (Wildman–Crippen LogP) is 3.55. The van der Waals surface area contributed by atoms with Crippen molar-refractivity contribution in [3.8, 4) is 0 Å². The summed E-state index contributed by atoms with van der Waals surface area (Å²) in [6, 6.07) is -0.923. The summed E-state index contributed by atoms with van der Waals surface area (Å²) in [5.74, 6) is -1.90. The van der Waals surface area contributed by atoms with Gasteiger partial charge in [-0.2, -0.15) is 0 Å². The highest BCUT2D eigenvalue weighted by Crippen LogP contribution is 2.20. The summed E-state index contributed by atoms with van der Waals surface area (Å²) in [4.78, 5) is 34.8. The Morgan fingerprint density at radius 3 is 2.23 bits per heavy atom. The van der Waals surface area contributed by atoms with Crippen molar-refractivity contribution in [1.82, 2.24) is 5.32 Å². The minimum absolute atomic E-state index is 0.0624. The molecule has 0 spiro atoms. The SMILES string of the molecule is CC(NC(=O)C(CCCC(=O)OCC=CCC(C)(C)C)C(C)C)C(=O)O. The molecule has 150 valence electrons. The van der Waals surface area contributed by atoms with Crippen LogP contribution in [-0.2, 0) is 19.1 Å². The highest BCUT2D eigenvalue weighted by atomic mass is 16.5. The van der Waals surface area contributed by atoms with E-state index in [9.17, 15) is 14.4 Å². The van der Waals surface area contributed by atoms with Crippen molar-refractivity contribution in [2.24, 2.45) is 17.3 Å². The van der Waals surface area contributed by atoms with E-state index < -0.39 is 12.0 Å². The molecule has 0 aliphatic rings. The van der Waals surface area contributed by atoms with Gasteiger partial charge in [-0.3, -0.25) is 14.4 Å². The quantitative estimate of drug-likeness (QED) is 0.429. The van der Waals surface area contributed by atoms with E-state index in [1.165, 1.54) is 6.92 Å². The highest BCUT2D eigenvalue weighted by Gasteiger charge is 2.25. The second-order valence-corrected chi connectivity index (χ2v) is 8.23. The molecular formula is C20H35NO5. The number of ether oxygens (including phenoxy) is 1. The van der Waals surface area contributed by atoms with Crippen LogP contribution in [0.4, 0.5) is 0 Å². The van der Waals surface area contributed by atoms with Gasteiger partial charge in [0.2, 0.25) is 5.91 Å².